The second kappa shape index (κ2) is 9.93. The van der Waals surface area contributed by atoms with E-state index in [4.69, 9.17) is 5.26 Å². The first kappa shape index (κ1) is 17.2. The monoisotopic (exact) mass is 290 g/mol. The van der Waals surface area contributed by atoms with Gasteiger partial charge in [-0.3, -0.25) is 4.79 Å². The van der Waals surface area contributed by atoms with Gasteiger partial charge in [-0.25, -0.2) is 4.39 Å². The van der Waals surface area contributed by atoms with Gasteiger partial charge in [0, 0.05) is 6.42 Å². The quantitative estimate of drug-likeness (QED) is 0.666. The molecule has 4 heteroatoms. The average molecular weight is 290 g/mol. The van der Waals surface area contributed by atoms with Crippen molar-refractivity contribution in [1.29, 1.82) is 5.26 Å². The van der Waals surface area contributed by atoms with Crippen LogP contribution in [0.5, 0.6) is 0 Å². The van der Waals surface area contributed by atoms with Crippen LogP contribution in [0.1, 0.15) is 63.9 Å². The van der Waals surface area contributed by atoms with Crippen LogP contribution >= 0.6 is 0 Å². The largest absolute Gasteiger partial charge is 0.324 e. The molecule has 0 fully saturated rings. The number of carbonyl (C=O) groups is 1. The van der Waals surface area contributed by atoms with Gasteiger partial charge >= 0.3 is 0 Å². The van der Waals surface area contributed by atoms with Gasteiger partial charge in [-0.05, 0) is 24.6 Å². The van der Waals surface area contributed by atoms with Gasteiger partial charge in [0.15, 0.2) is 0 Å². The molecule has 0 saturated carbocycles. The van der Waals surface area contributed by atoms with Crippen LogP contribution in [0, 0.1) is 17.1 Å². The summed E-state index contributed by atoms with van der Waals surface area (Å²) in [4.78, 5) is 11.7. The maximum atomic E-state index is 13.6. The van der Waals surface area contributed by atoms with Gasteiger partial charge in [-0.15, -0.1) is 0 Å². The number of benzene rings is 1. The molecule has 0 unspecified atom stereocenters. The van der Waals surface area contributed by atoms with Crippen molar-refractivity contribution in [3.63, 3.8) is 0 Å². The molecule has 1 N–H and O–H groups in total. The fourth-order valence-electron chi connectivity index (χ4n) is 2.14. The number of amides is 1. The van der Waals surface area contributed by atoms with Gasteiger partial charge < -0.3 is 5.32 Å². The predicted octanol–water partition coefficient (Wildman–Crippen LogP) is 4.78. The van der Waals surface area contributed by atoms with E-state index in [2.05, 4.69) is 12.2 Å². The normalized spacial score (nSPS) is 10.1. The number of nitriles is 1. The molecule has 0 bridgehead atoms. The molecule has 0 aliphatic carbocycles. The van der Waals surface area contributed by atoms with Crippen molar-refractivity contribution in [2.45, 2.75) is 58.3 Å². The van der Waals surface area contributed by atoms with Gasteiger partial charge in [0.1, 0.15) is 5.82 Å². The van der Waals surface area contributed by atoms with Crippen LogP contribution in [0.15, 0.2) is 18.2 Å². The van der Waals surface area contributed by atoms with Crippen molar-refractivity contribution in [3.05, 3.63) is 29.6 Å². The van der Waals surface area contributed by atoms with Crippen molar-refractivity contribution in [1.82, 2.24) is 0 Å². The van der Waals surface area contributed by atoms with Crippen molar-refractivity contribution >= 4 is 11.6 Å². The first-order valence-electron chi connectivity index (χ1n) is 7.67. The molecule has 0 heterocycles. The fraction of sp³-hybridized carbons (Fsp3) is 0.529. The molecule has 1 amide bonds. The summed E-state index contributed by atoms with van der Waals surface area (Å²) in [5.41, 5.74) is 0.388. The molecule has 114 valence electrons. The van der Waals surface area contributed by atoms with Crippen molar-refractivity contribution in [2.24, 2.45) is 0 Å². The molecule has 0 aliphatic heterocycles. The first-order chi connectivity index (χ1) is 10.2. The number of rotatable bonds is 9. The van der Waals surface area contributed by atoms with Crippen molar-refractivity contribution in [3.8, 4) is 6.07 Å². The average Bonchev–Trinajstić information content (AvgIpc) is 2.48. The summed E-state index contributed by atoms with van der Waals surface area (Å²) < 4.78 is 13.6. The molecule has 0 aromatic heterocycles. The highest BCUT2D eigenvalue weighted by atomic mass is 19.1. The van der Waals surface area contributed by atoms with Crippen molar-refractivity contribution < 1.29 is 9.18 Å². The van der Waals surface area contributed by atoms with Crippen LogP contribution < -0.4 is 5.32 Å². The molecular weight excluding hydrogens is 267 g/mol. The Morgan fingerprint density at radius 1 is 1.19 bits per heavy atom. The van der Waals surface area contributed by atoms with E-state index in [0.29, 0.717) is 6.42 Å². The number of nitrogens with zero attached hydrogens (tertiary/aromatic N) is 1. The zero-order valence-corrected chi connectivity index (χ0v) is 12.6. The minimum atomic E-state index is -0.568. The predicted molar refractivity (Wildman–Crippen MR) is 82.4 cm³/mol. The highest BCUT2D eigenvalue weighted by Crippen LogP contribution is 2.16. The number of anilines is 1. The highest BCUT2D eigenvalue weighted by molar-refractivity contribution is 5.90. The Morgan fingerprint density at radius 2 is 1.86 bits per heavy atom. The minimum Gasteiger partial charge on any atom is -0.324 e. The number of halogens is 1. The summed E-state index contributed by atoms with van der Waals surface area (Å²) in [5, 5.41) is 11.2. The third-order valence-electron chi connectivity index (χ3n) is 3.38. The van der Waals surface area contributed by atoms with Crippen LogP contribution in [0.25, 0.3) is 0 Å². The SMILES string of the molecule is CCCCCCCCCC(=O)Nc1ccc(C#N)cc1F. The number of unbranched alkanes of at least 4 members (excludes halogenated alkanes) is 6. The van der Waals surface area contributed by atoms with E-state index in [1.807, 2.05) is 6.07 Å². The lowest BCUT2D eigenvalue weighted by molar-refractivity contribution is -0.116. The number of hydrogen-bond donors (Lipinski definition) is 1. The molecular formula is C17H23FN2O. The van der Waals surface area contributed by atoms with Gasteiger partial charge in [-0.1, -0.05) is 45.4 Å². The summed E-state index contributed by atoms with van der Waals surface area (Å²) >= 11 is 0. The molecule has 0 spiro atoms. The van der Waals surface area contributed by atoms with Gasteiger partial charge in [0.2, 0.25) is 5.91 Å². The Morgan fingerprint density at radius 3 is 2.48 bits per heavy atom. The molecule has 21 heavy (non-hydrogen) atoms. The summed E-state index contributed by atoms with van der Waals surface area (Å²) in [6.45, 7) is 2.19. The van der Waals surface area contributed by atoms with E-state index in [0.717, 1.165) is 25.3 Å². The Labute approximate surface area is 126 Å². The van der Waals surface area contributed by atoms with E-state index >= 15 is 0 Å². The molecule has 0 atom stereocenters. The second-order valence-corrected chi connectivity index (χ2v) is 5.23. The van der Waals surface area contributed by atoms with Gasteiger partial charge in [-0.2, -0.15) is 5.26 Å². The molecule has 1 rings (SSSR count). The maximum absolute atomic E-state index is 13.6. The standard InChI is InChI=1S/C17H23FN2O/c1-2-3-4-5-6-7-8-9-17(21)20-16-11-10-14(13-19)12-15(16)18/h10-12H,2-9H2,1H3,(H,20,21). The van der Waals surface area contributed by atoms with E-state index < -0.39 is 5.82 Å². The summed E-state index contributed by atoms with van der Waals surface area (Å²) in [6.07, 6.45) is 8.42. The Balaban J connectivity index is 2.23. The topological polar surface area (TPSA) is 52.9 Å². The fourth-order valence-corrected chi connectivity index (χ4v) is 2.14. The molecule has 0 radical (unpaired) electrons. The molecule has 1 aromatic rings. The molecule has 1 aromatic carbocycles. The van der Waals surface area contributed by atoms with Crippen LogP contribution in [0.4, 0.5) is 10.1 Å². The number of nitrogens with one attached hydrogen (secondary N) is 1. The van der Waals surface area contributed by atoms with E-state index in [1.165, 1.54) is 37.8 Å². The summed E-state index contributed by atoms with van der Waals surface area (Å²) in [6, 6.07) is 5.91. The third kappa shape index (κ3) is 6.89. The van der Waals surface area contributed by atoms with Gasteiger partial charge in [0.25, 0.3) is 0 Å². The molecule has 0 saturated heterocycles. The van der Waals surface area contributed by atoms with Crippen LogP contribution in [-0.2, 0) is 4.79 Å². The van der Waals surface area contributed by atoms with Gasteiger partial charge in [0.05, 0.1) is 17.3 Å². The first-order valence-corrected chi connectivity index (χ1v) is 7.67. The lowest BCUT2D eigenvalue weighted by atomic mass is 10.1. The Bertz CT molecular complexity index is 494. The minimum absolute atomic E-state index is 0.141. The maximum Gasteiger partial charge on any atom is 0.224 e. The number of hydrogen-bond acceptors (Lipinski definition) is 2. The smallest absolute Gasteiger partial charge is 0.224 e. The summed E-state index contributed by atoms with van der Waals surface area (Å²) in [5.74, 6) is -0.742. The third-order valence-corrected chi connectivity index (χ3v) is 3.38. The number of carbonyl (C=O) groups excluding carboxylic acids is 1. The van der Waals surface area contributed by atoms with Crippen LogP contribution in [-0.4, -0.2) is 5.91 Å². The van der Waals surface area contributed by atoms with Crippen LogP contribution in [0.2, 0.25) is 0 Å². The lowest BCUT2D eigenvalue weighted by Gasteiger charge is -2.06. The highest BCUT2D eigenvalue weighted by Gasteiger charge is 2.07. The van der Waals surface area contributed by atoms with Crippen LogP contribution in [0.3, 0.4) is 0 Å². The Kier molecular flexibility index (Phi) is 8.11. The van der Waals surface area contributed by atoms with Crippen molar-refractivity contribution in [2.75, 3.05) is 5.32 Å². The van der Waals surface area contributed by atoms with E-state index in [-0.39, 0.29) is 17.2 Å². The van der Waals surface area contributed by atoms with E-state index in [9.17, 15) is 9.18 Å². The summed E-state index contributed by atoms with van der Waals surface area (Å²) in [7, 11) is 0. The second-order valence-electron chi connectivity index (χ2n) is 5.23. The molecule has 0 aliphatic rings. The zero-order valence-electron chi connectivity index (χ0n) is 12.6. The zero-order chi connectivity index (χ0) is 15.5. The molecule has 3 nitrogen and oxygen atoms in total. The Hall–Kier alpha value is -1.89. The van der Waals surface area contributed by atoms with E-state index in [1.54, 1.807) is 0 Å². The lowest BCUT2D eigenvalue weighted by Crippen LogP contribution is -2.12.